The van der Waals surface area contributed by atoms with Crippen LogP contribution in [0.1, 0.15) is 6.42 Å². The first-order valence-corrected chi connectivity index (χ1v) is 10.7. The highest BCUT2D eigenvalue weighted by Crippen LogP contribution is 2.40. The van der Waals surface area contributed by atoms with Crippen LogP contribution < -0.4 is 20.7 Å². The Morgan fingerprint density at radius 3 is 2.79 bits per heavy atom. The zero-order valence-corrected chi connectivity index (χ0v) is 18.7. The molecule has 172 valence electrons. The van der Waals surface area contributed by atoms with Crippen LogP contribution in [0.25, 0.3) is 22.2 Å². The molecule has 3 N–H and O–H groups in total. The minimum absolute atomic E-state index is 0.0699. The molecule has 10 heteroatoms. The second-order valence-corrected chi connectivity index (χ2v) is 8.01. The van der Waals surface area contributed by atoms with Crippen molar-refractivity contribution in [2.45, 2.75) is 6.42 Å². The van der Waals surface area contributed by atoms with Gasteiger partial charge in [-0.15, -0.1) is 0 Å². The molecule has 2 aromatic heterocycles. The molecule has 0 amide bonds. The smallest absolute Gasteiger partial charge is 0.295 e. The predicted octanol–water partition coefficient (Wildman–Crippen LogP) is 4.31. The van der Waals surface area contributed by atoms with Crippen LogP contribution in [-0.4, -0.2) is 33.1 Å². The fourth-order valence-electron chi connectivity index (χ4n) is 4.20. The van der Waals surface area contributed by atoms with Gasteiger partial charge in [0.15, 0.2) is 0 Å². The molecule has 0 unspecified atom stereocenters. The number of aryl methyl sites for hydroxylation is 1. The highest BCUT2D eigenvalue weighted by atomic mass is 16.6. The normalized spacial score (nSPS) is 13.2. The van der Waals surface area contributed by atoms with Gasteiger partial charge in [0.25, 0.3) is 5.69 Å². The van der Waals surface area contributed by atoms with Crippen LogP contribution in [0.3, 0.4) is 0 Å². The molecule has 0 fully saturated rings. The third-order valence-corrected chi connectivity index (χ3v) is 5.84. The second-order valence-electron chi connectivity index (χ2n) is 8.01. The van der Waals surface area contributed by atoms with E-state index in [0.717, 1.165) is 22.2 Å². The molecule has 0 aliphatic carbocycles. The molecule has 0 saturated heterocycles. The van der Waals surface area contributed by atoms with E-state index in [2.05, 4.69) is 15.3 Å². The quantitative estimate of drug-likeness (QED) is 0.324. The maximum absolute atomic E-state index is 11.9. The number of para-hydroxylation sites is 1. The van der Waals surface area contributed by atoms with Crippen molar-refractivity contribution in [2.75, 3.05) is 23.9 Å². The SMILES string of the molecule is COc1cc(N2C=C(N)CC2)c([N+](=O)[O-])cc1Nc1nccc(-c2cn(C)c3ccccc23)n1. The summed E-state index contributed by atoms with van der Waals surface area (Å²) in [5.74, 6) is 0.731. The molecule has 4 aromatic rings. The second kappa shape index (κ2) is 8.39. The first kappa shape index (κ1) is 21.3. The molecule has 34 heavy (non-hydrogen) atoms. The minimum Gasteiger partial charge on any atom is -0.494 e. The topological polar surface area (TPSA) is 124 Å². The monoisotopic (exact) mass is 457 g/mol. The number of anilines is 3. The lowest BCUT2D eigenvalue weighted by Crippen LogP contribution is -2.14. The number of hydrogen-bond donors (Lipinski definition) is 2. The Balaban J connectivity index is 1.53. The summed E-state index contributed by atoms with van der Waals surface area (Å²) in [6.07, 6.45) is 6.03. The van der Waals surface area contributed by atoms with E-state index in [1.807, 2.05) is 48.1 Å². The van der Waals surface area contributed by atoms with Crippen molar-refractivity contribution < 1.29 is 9.66 Å². The molecule has 2 aromatic carbocycles. The number of ether oxygens (including phenoxy) is 1. The maximum Gasteiger partial charge on any atom is 0.295 e. The molecule has 1 aliphatic rings. The Bertz CT molecular complexity index is 1440. The Morgan fingerprint density at radius 1 is 1.24 bits per heavy atom. The van der Waals surface area contributed by atoms with E-state index >= 15 is 0 Å². The van der Waals surface area contributed by atoms with Crippen LogP contribution in [-0.2, 0) is 7.05 Å². The number of hydrogen-bond acceptors (Lipinski definition) is 8. The largest absolute Gasteiger partial charge is 0.494 e. The number of benzene rings is 2. The standard InChI is InChI=1S/C24H23N7O3/c1-29-14-17(16-5-3-4-6-20(16)29)18-7-9-26-24(27-18)28-19-11-22(31(32)33)21(12-23(19)34-2)30-10-8-15(25)13-30/h3-7,9,11-14H,8,10,25H2,1-2H3,(H,26,27,28). The predicted molar refractivity (Wildman–Crippen MR) is 131 cm³/mol. The van der Waals surface area contributed by atoms with Crippen LogP contribution in [0.4, 0.5) is 23.0 Å². The number of nitro benzene ring substituents is 1. The summed E-state index contributed by atoms with van der Waals surface area (Å²) in [6, 6.07) is 13.0. The summed E-state index contributed by atoms with van der Waals surface area (Å²) < 4.78 is 7.58. The highest BCUT2D eigenvalue weighted by molar-refractivity contribution is 5.95. The third-order valence-electron chi connectivity index (χ3n) is 5.84. The van der Waals surface area contributed by atoms with Gasteiger partial charge in [-0.3, -0.25) is 10.1 Å². The number of methoxy groups -OCH3 is 1. The fraction of sp³-hybridized carbons (Fsp3) is 0.167. The van der Waals surface area contributed by atoms with Crippen molar-refractivity contribution in [2.24, 2.45) is 12.8 Å². The van der Waals surface area contributed by atoms with Gasteiger partial charge in [-0.2, -0.15) is 0 Å². The summed E-state index contributed by atoms with van der Waals surface area (Å²) in [5.41, 5.74) is 10.1. The summed E-state index contributed by atoms with van der Waals surface area (Å²) in [5, 5.41) is 16.0. The molecule has 0 atom stereocenters. The molecule has 0 saturated carbocycles. The number of fused-ring (bicyclic) bond motifs is 1. The van der Waals surface area contributed by atoms with Gasteiger partial charge in [-0.1, -0.05) is 18.2 Å². The van der Waals surface area contributed by atoms with Crippen LogP contribution in [0.5, 0.6) is 5.75 Å². The number of aromatic nitrogens is 3. The van der Waals surface area contributed by atoms with E-state index in [1.165, 1.54) is 13.2 Å². The van der Waals surface area contributed by atoms with E-state index in [9.17, 15) is 10.1 Å². The fourth-order valence-corrected chi connectivity index (χ4v) is 4.20. The summed E-state index contributed by atoms with van der Waals surface area (Å²) in [6.45, 7) is 0.568. The molecular weight excluding hydrogens is 434 g/mol. The van der Waals surface area contributed by atoms with Crippen LogP contribution >= 0.6 is 0 Å². The first-order chi connectivity index (χ1) is 16.4. The van der Waals surface area contributed by atoms with Crippen molar-refractivity contribution in [3.8, 4) is 17.0 Å². The number of nitrogens with one attached hydrogen (secondary N) is 1. The van der Waals surface area contributed by atoms with Crippen molar-refractivity contribution >= 4 is 33.9 Å². The minimum atomic E-state index is -0.421. The molecule has 0 spiro atoms. The van der Waals surface area contributed by atoms with E-state index in [4.69, 9.17) is 10.5 Å². The van der Waals surface area contributed by atoms with Crippen molar-refractivity contribution in [1.82, 2.24) is 14.5 Å². The first-order valence-electron chi connectivity index (χ1n) is 10.7. The van der Waals surface area contributed by atoms with E-state index in [-0.39, 0.29) is 5.69 Å². The number of rotatable bonds is 6. The Labute approximate surface area is 195 Å². The van der Waals surface area contributed by atoms with Crippen molar-refractivity contribution in [1.29, 1.82) is 0 Å². The average Bonchev–Trinajstić information content (AvgIpc) is 3.42. The van der Waals surface area contributed by atoms with E-state index in [1.54, 1.807) is 23.4 Å². The van der Waals surface area contributed by atoms with E-state index in [0.29, 0.717) is 41.7 Å². The van der Waals surface area contributed by atoms with Crippen molar-refractivity contribution in [3.05, 3.63) is 76.9 Å². The van der Waals surface area contributed by atoms with Gasteiger partial charge < -0.3 is 25.3 Å². The zero-order chi connectivity index (χ0) is 23.8. The van der Waals surface area contributed by atoms with Gasteiger partial charge >= 0.3 is 0 Å². The van der Waals surface area contributed by atoms with Gasteiger partial charge in [0.2, 0.25) is 5.95 Å². The number of nitro groups is 1. The van der Waals surface area contributed by atoms with Gasteiger partial charge in [0.1, 0.15) is 11.4 Å². The van der Waals surface area contributed by atoms with Gasteiger partial charge in [0.05, 0.1) is 23.4 Å². The molecule has 1 aliphatic heterocycles. The number of nitrogens with two attached hydrogens (primary N) is 1. The Kier molecular flexibility index (Phi) is 5.25. The average molecular weight is 457 g/mol. The number of nitrogens with zero attached hydrogens (tertiary/aromatic N) is 5. The Morgan fingerprint density at radius 2 is 2.06 bits per heavy atom. The van der Waals surface area contributed by atoms with Crippen LogP contribution in [0, 0.1) is 10.1 Å². The molecule has 10 nitrogen and oxygen atoms in total. The lowest BCUT2D eigenvalue weighted by molar-refractivity contribution is -0.384. The molecule has 0 radical (unpaired) electrons. The van der Waals surface area contributed by atoms with Gasteiger partial charge in [0, 0.05) is 72.9 Å². The highest BCUT2D eigenvalue weighted by Gasteiger charge is 2.25. The lowest BCUT2D eigenvalue weighted by Gasteiger charge is -2.18. The van der Waals surface area contributed by atoms with Crippen LogP contribution in [0.15, 0.2) is 66.8 Å². The molecular formula is C24H23N7O3. The zero-order valence-electron chi connectivity index (χ0n) is 18.7. The lowest BCUT2D eigenvalue weighted by atomic mass is 10.1. The van der Waals surface area contributed by atoms with Gasteiger partial charge in [-0.05, 0) is 12.1 Å². The molecule has 3 heterocycles. The molecule has 5 rings (SSSR count). The van der Waals surface area contributed by atoms with E-state index < -0.39 is 4.92 Å². The third kappa shape index (κ3) is 3.75. The molecule has 0 bridgehead atoms. The van der Waals surface area contributed by atoms with Gasteiger partial charge in [-0.25, -0.2) is 9.97 Å². The van der Waals surface area contributed by atoms with Crippen molar-refractivity contribution in [3.63, 3.8) is 0 Å². The van der Waals surface area contributed by atoms with Crippen LogP contribution in [0.2, 0.25) is 0 Å². The summed E-state index contributed by atoms with van der Waals surface area (Å²) in [4.78, 5) is 22.2. The summed E-state index contributed by atoms with van der Waals surface area (Å²) >= 11 is 0. The maximum atomic E-state index is 11.9. The summed E-state index contributed by atoms with van der Waals surface area (Å²) in [7, 11) is 3.50. The Hall–Kier alpha value is -4.60.